The molecule has 1 aromatic heterocycles. The zero-order valence-corrected chi connectivity index (χ0v) is 16.0. The Morgan fingerprint density at radius 1 is 0.893 bits per heavy atom. The lowest BCUT2D eigenvalue weighted by atomic mass is 9.94. The summed E-state index contributed by atoms with van der Waals surface area (Å²) in [6.45, 7) is 1.83. The van der Waals surface area contributed by atoms with Crippen LogP contribution >= 0.6 is 12.4 Å². The summed E-state index contributed by atoms with van der Waals surface area (Å²) >= 11 is 0. The summed E-state index contributed by atoms with van der Waals surface area (Å²) in [5.41, 5.74) is 4.33. The van der Waals surface area contributed by atoms with E-state index in [1.54, 1.807) is 12.1 Å². The molecule has 0 unspecified atom stereocenters. The van der Waals surface area contributed by atoms with Crippen LogP contribution in [0.4, 0.5) is 10.1 Å². The van der Waals surface area contributed by atoms with Gasteiger partial charge >= 0.3 is 0 Å². The number of amides is 1. The van der Waals surface area contributed by atoms with E-state index in [0.29, 0.717) is 16.9 Å². The molecule has 5 heteroatoms. The van der Waals surface area contributed by atoms with Crippen LogP contribution in [0, 0.1) is 12.7 Å². The molecule has 1 N–H and O–H groups in total. The molecule has 0 saturated carbocycles. The van der Waals surface area contributed by atoms with Crippen molar-refractivity contribution in [3.63, 3.8) is 0 Å². The number of carbonyl (C=O) groups is 1. The predicted octanol–water partition coefficient (Wildman–Crippen LogP) is 6.02. The molecule has 0 fully saturated rings. The molecule has 3 aromatic carbocycles. The molecule has 0 radical (unpaired) electrons. The molecule has 0 saturated heterocycles. The van der Waals surface area contributed by atoms with Crippen LogP contribution in [-0.2, 0) is 0 Å². The average Bonchev–Trinajstić information content (AvgIpc) is 2.69. The maximum atomic E-state index is 13.1. The first-order chi connectivity index (χ1) is 13.1. The fourth-order valence-corrected chi connectivity index (χ4v) is 3.24. The molecule has 0 aliphatic rings. The van der Waals surface area contributed by atoms with E-state index in [1.165, 1.54) is 12.1 Å². The highest BCUT2D eigenvalue weighted by Crippen LogP contribution is 2.33. The zero-order valence-electron chi connectivity index (χ0n) is 15.1. The molecule has 0 atom stereocenters. The van der Waals surface area contributed by atoms with Gasteiger partial charge in [0.05, 0.1) is 16.8 Å². The lowest BCUT2D eigenvalue weighted by Gasteiger charge is -2.16. The van der Waals surface area contributed by atoms with E-state index in [-0.39, 0.29) is 24.1 Å². The SMILES string of the molecule is Cc1nc2ccccc2c(-c2ccccc2)c1C(=O)Nc1ccc(F)cc1.Cl. The van der Waals surface area contributed by atoms with Crippen molar-refractivity contribution in [2.45, 2.75) is 6.92 Å². The molecular weight excluding hydrogens is 375 g/mol. The van der Waals surface area contributed by atoms with Gasteiger partial charge in [-0.05, 0) is 42.8 Å². The van der Waals surface area contributed by atoms with E-state index in [2.05, 4.69) is 10.3 Å². The number of fused-ring (bicyclic) bond motifs is 1. The van der Waals surface area contributed by atoms with Gasteiger partial charge in [-0.15, -0.1) is 12.4 Å². The Morgan fingerprint density at radius 3 is 2.25 bits per heavy atom. The summed E-state index contributed by atoms with van der Waals surface area (Å²) in [6, 6.07) is 23.3. The summed E-state index contributed by atoms with van der Waals surface area (Å²) in [5.74, 6) is -0.613. The molecule has 4 aromatic rings. The van der Waals surface area contributed by atoms with E-state index in [1.807, 2.05) is 61.5 Å². The predicted molar refractivity (Wildman–Crippen MR) is 114 cm³/mol. The fourth-order valence-electron chi connectivity index (χ4n) is 3.24. The number of aryl methyl sites for hydroxylation is 1. The Balaban J connectivity index is 0.00000225. The fraction of sp³-hybridized carbons (Fsp3) is 0.0435. The van der Waals surface area contributed by atoms with Crippen LogP contribution in [0.1, 0.15) is 16.1 Å². The highest BCUT2D eigenvalue weighted by molar-refractivity contribution is 6.14. The summed E-state index contributed by atoms with van der Waals surface area (Å²) < 4.78 is 13.1. The number of hydrogen-bond donors (Lipinski definition) is 1. The number of carbonyl (C=O) groups excluding carboxylic acids is 1. The second-order valence-corrected chi connectivity index (χ2v) is 6.29. The van der Waals surface area contributed by atoms with Crippen molar-refractivity contribution in [3.8, 4) is 11.1 Å². The van der Waals surface area contributed by atoms with Crippen LogP contribution in [0.3, 0.4) is 0 Å². The van der Waals surface area contributed by atoms with Gasteiger partial charge in [-0.2, -0.15) is 0 Å². The van der Waals surface area contributed by atoms with Crippen LogP contribution in [0.15, 0.2) is 78.9 Å². The van der Waals surface area contributed by atoms with Gasteiger partial charge in [0.1, 0.15) is 5.82 Å². The molecule has 0 aliphatic carbocycles. The molecule has 1 amide bonds. The smallest absolute Gasteiger partial charge is 0.258 e. The number of anilines is 1. The Morgan fingerprint density at radius 2 is 1.54 bits per heavy atom. The number of nitrogens with zero attached hydrogens (tertiary/aromatic N) is 1. The molecule has 4 rings (SSSR count). The van der Waals surface area contributed by atoms with E-state index in [4.69, 9.17) is 0 Å². The van der Waals surface area contributed by atoms with Gasteiger partial charge in [0, 0.05) is 16.6 Å². The van der Waals surface area contributed by atoms with Gasteiger partial charge in [0.25, 0.3) is 5.91 Å². The summed E-state index contributed by atoms with van der Waals surface area (Å²) in [4.78, 5) is 17.7. The zero-order chi connectivity index (χ0) is 18.8. The Kier molecular flexibility index (Phi) is 5.71. The van der Waals surface area contributed by atoms with Crippen molar-refractivity contribution in [2.24, 2.45) is 0 Å². The van der Waals surface area contributed by atoms with Crippen molar-refractivity contribution < 1.29 is 9.18 Å². The van der Waals surface area contributed by atoms with Gasteiger partial charge < -0.3 is 5.32 Å². The highest BCUT2D eigenvalue weighted by atomic mass is 35.5. The molecule has 28 heavy (non-hydrogen) atoms. The van der Waals surface area contributed by atoms with E-state index < -0.39 is 0 Å². The summed E-state index contributed by atoms with van der Waals surface area (Å²) in [5, 5.41) is 3.77. The van der Waals surface area contributed by atoms with Crippen LogP contribution in [0.25, 0.3) is 22.0 Å². The summed E-state index contributed by atoms with van der Waals surface area (Å²) in [6.07, 6.45) is 0. The number of nitrogens with one attached hydrogen (secondary N) is 1. The Labute approximate surface area is 168 Å². The maximum Gasteiger partial charge on any atom is 0.258 e. The number of pyridine rings is 1. The average molecular weight is 393 g/mol. The van der Waals surface area contributed by atoms with Crippen molar-refractivity contribution in [2.75, 3.05) is 5.32 Å². The van der Waals surface area contributed by atoms with Crippen molar-refractivity contribution in [1.29, 1.82) is 0 Å². The van der Waals surface area contributed by atoms with Gasteiger partial charge in [-0.25, -0.2) is 4.39 Å². The quantitative estimate of drug-likeness (QED) is 0.463. The second-order valence-electron chi connectivity index (χ2n) is 6.29. The first kappa shape index (κ1) is 19.5. The van der Waals surface area contributed by atoms with Crippen molar-refractivity contribution in [3.05, 3.63) is 95.9 Å². The standard InChI is InChI=1S/C23H17FN2O.ClH/c1-15-21(23(27)26-18-13-11-17(24)12-14-18)22(16-7-3-2-4-8-16)19-9-5-6-10-20(19)25-15;/h2-14H,1H3,(H,26,27);1H. The van der Waals surface area contributed by atoms with Crippen LogP contribution in [-0.4, -0.2) is 10.9 Å². The third kappa shape index (κ3) is 3.73. The number of benzene rings is 3. The minimum atomic E-state index is -0.346. The summed E-state index contributed by atoms with van der Waals surface area (Å²) in [7, 11) is 0. The number of rotatable bonds is 3. The molecule has 0 bridgehead atoms. The van der Waals surface area contributed by atoms with Crippen molar-refractivity contribution >= 4 is 34.9 Å². The first-order valence-electron chi connectivity index (χ1n) is 8.65. The van der Waals surface area contributed by atoms with Crippen molar-refractivity contribution in [1.82, 2.24) is 4.98 Å². The van der Waals surface area contributed by atoms with Gasteiger partial charge in [-0.3, -0.25) is 9.78 Å². The maximum absolute atomic E-state index is 13.1. The molecule has 140 valence electrons. The number of hydrogen-bond acceptors (Lipinski definition) is 2. The lowest BCUT2D eigenvalue weighted by Crippen LogP contribution is -2.16. The van der Waals surface area contributed by atoms with E-state index in [0.717, 1.165) is 22.0 Å². The minimum Gasteiger partial charge on any atom is -0.322 e. The number of halogens is 2. The van der Waals surface area contributed by atoms with Gasteiger partial charge in [-0.1, -0.05) is 48.5 Å². The third-order valence-corrected chi connectivity index (χ3v) is 4.46. The molecule has 0 aliphatic heterocycles. The van der Waals surface area contributed by atoms with Crippen LogP contribution in [0.5, 0.6) is 0 Å². The van der Waals surface area contributed by atoms with Gasteiger partial charge in [0.2, 0.25) is 0 Å². The second kappa shape index (κ2) is 8.19. The van der Waals surface area contributed by atoms with Gasteiger partial charge in [0.15, 0.2) is 0 Å². The molecule has 0 spiro atoms. The molecule has 1 heterocycles. The largest absolute Gasteiger partial charge is 0.322 e. The lowest BCUT2D eigenvalue weighted by molar-refractivity contribution is 0.102. The third-order valence-electron chi connectivity index (χ3n) is 4.46. The topological polar surface area (TPSA) is 42.0 Å². The first-order valence-corrected chi connectivity index (χ1v) is 8.65. The molecular formula is C23H18ClFN2O. The monoisotopic (exact) mass is 392 g/mol. The number of aromatic nitrogens is 1. The highest BCUT2D eigenvalue weighted by Gasteiger charge is 2.20. The normalized spacial score (nSPS) is 10.4. The minimum absolute atomic E-state index is 0. The Hall–Kier alpha value is -3.24. The van der Waals surface area contributed by atoms with E-state index >= 15 is 0 Å². The van der Waals surface area contributed by atoms with Crippen LogP contribution < -0.4 is 5.32 Å². The van der Waals surface area contributed by atoms with Crippen LogP contribution in [0.2, 0.25) is 0 Å². The van der Waals surface area contributed by atoms with E-state index in [9.17, 15) is 9.18 Å². The number of para-hydroxylation sites is 1. The molecule has 3 nitrogen and oxygen atoms in total. The Bertz CT molecular complexity index is 1130.